The summed E-state index contributed by atoms with van der Waals surface area (Å²) < 4.78 is 2.43. The summed E-state index contributed by atoms with van der Waals surface area (Å²) in [6, 6.07) is 82.8. The monoisotopic (exact) mass is 846 g/mol. The summed E-state index contributed by atoms with van der Waals surface area (Å²) in [5.74, 6) is 0.691. The molecule has 13 rings (SSSR count). The quantitative estimate of drug-likeness (QED) is 0.167. The van der Waals surface area contributed by atoms with Crippen molar-refractivity contribution < 1.29 is 0 Å². The van der Waals surface area contributed by atoms with Crippen LogP contribution in [-0.4, -0.2) is 14.5 Å². The number of nitrogens with zero attached hydrogens (tertiary/aromatic N) is 4. The Kier molecular flexibility index (Phi) is 8.74. The number of benzene rings is 10. The van der Waals surface area contributed by atoms with Crippen LogP contribution < -0.4 is 4.90 Å². The minimum Gasteiger partial charge on any atom is -0.309 e. The lowest BCUT2D eigenvalue weighted by Gasteiger charge is -2.33. The Bertz CT molecular complexity index is 3800. The molecule has 0 saturated heterocycles. The van der Waals surface area contributed by atoms with Crippen LogP contribution in [0.25, 0.3) is 94.1 Å². The minimum absolute atomic E-state index is 0.691. The maximum atomic E-state index is 5.34. The van der Waals surface area contributed by atoms with E-state index in [-0.39, 0.29) is 0 Å². The fraction of sp³-hybridized carbons (Fsp3) is 0. The van der Waals surface area contributed by atoms with Crippen LogP contribution in [0.4, 0.5) is 17.1 Å². The third kappa shape index (κ3) is 6.23. The molecule has 0 fully saturated rings. The largest absolute Gasteiger partial charge is 0.309 e. The molecule has 1 aliphatic heterocycles. The van der Waals surface area contributed by atoms with Crippen molar-refractivity contribution in [2.24, 2.45) is 0 Å². The van der Waals surface area contributed by atoms with Gasteiger partial charge in [-0.25, -0.2) is 9.97 Å². The average molecular weight is 847 g/mol. The standard InChI is InChI=1S/C60H38N4S/c1-3-15-39(16-4-1)40-29-31-42(32-30-40)59-49-23-9-10-25-50(49)61-60(62-59)44-18-13-21-46(37-44)64-52-27-14-24-48(58(52)57-47-22-8-7-17-41(47)33-35-53(57)64)43-34-36-56-54(38-43)63(45-19-5-2-6-20-45)51-26-11-12-28-55(51)65-56/h1-38H. The number of hydrogen-bond acceptors (Lipinski definition) is 4. The zero-order chi connectivity index (χ0) is 42.8. The molecule has 0 N–H and O–H groups in total. The maximum absolute atomic E-state index is 5.34. The van der Waals surface area contributed by atoms with Gasteiger partial charge in [-0.15, -0.1) is 0 Å². The minimum atomic E-state index is 0.691. The van der Waals surface area contributed by atoms with Crippen molar-refractivity contribution in [2.45, 2.75) is 9.79 Å². The Morgan fingerprint density at radius 3 is 1.89 bits per heavy atom. The molecule has 4 nitrogen and oxygen atoms in total. The van der Waals surface area contributed by atoms with Crippen LogP contribution in [0.3, 0.4) is 0 Å². The Balaban J connectivity index is 0.986. The molecule has 0 bridgehead atoms. The highest BCUT2D eigenvalue weighted by atomic mass is 32.2. The van der Waals surface area contributed by atoms with Gasteiger partial charge in [0, 0.05) is 48.5 Å². The normalized spacial score (nSPS) is 12.2. The van der Waals surface area contributed by atoms with Gasteiger partial charge in [0.2, 0.25) is 0 Å². The van der Waals surface area contributed by atoms with E-state index < -0.39 is 0 Å². The molecule has 0 unspecified atom stereocenters. The van der Waals surface area contributed by atoms with E-state index in [4.69, 9.17) is 9.97 Å². The van der Waals surface area contributed by atoms with Gasteiger partial charge in [0.25, 0.3) is 0 Å². The van der Waals surface area contributed by atoms with Crippen molar-refractivity contribution in [1.82, 2.24) is 14.5 Å². The number of aromatic nitrogens is 3. The first-order chi connectivity index (χ1) is 32.2. The van der Waals surface area contributed by atoms with E-state index in [9.17, 15) is 0 Å². The van der Waals surface area contributed by atoms with Gasteiger partial charge in [0.1, 0.15) is 0 Å². The van der Waals surface area contributed by atoms with Crippen LogP contribution in [0.5, 0.6) is 0 Å². The number of para-hydroxylation sites is 3. The molecule has 0 saturated carbocycles. The van der Waals surface area contributed by atoms with Gasteiger partial charge < -0.3 is 9.47 Å². The molecule has 0 radical (unpaired) electrons. The summed E-state index contributed by atoms with van der Waals surface area (Å²) in [6.45, 7) is 0. The first kappa shape index (κ1) is 37.3. The number of fused-ring (bicyclic) bond motifs is 8. The third-order valence-corrected chi connectivity index (χ3v) is 13.9. The van der Waals surface area contributed by atoms with Gasteiger partial charge >= 0.3 is 0 Å². The molecule has 1 aliphatic rings. The Labute approximate surface area is 380 Å². The Morgan fingerprint density at radius 1 is 0.369 bits per heavy atom. The molecule has 304 valence electrons. The highest BCUT2D eigenvalue weighted by Gasteiger charge is 2.26. The smallest absolute Gasteiger partial charge is 0.160 e. The molecule has 10 aromatic carbocycles. The van der Waals surface area contributed by atoms with Crippen LogP contribution in [0.1, 0.15) is 0 Å². The van der Waals surface area contributed by atoms with Gasteiger partial charge in [0.15, 0.2) is 5.82 Å². The van der Waals surface area contributed by atoms with Crippen LogP contribution in [-0.2, 0) is 0 Å². The highest BCUT2D eigenvalue weighted by Crippen LogP contribution is 2.53. The summed E-state index contributed by atoms with van der Waals surface area (Å²) in [5, 5.41) is 5.93. The topological polar surface area (TPSA) is 34.0 Å². The van der Waals surface area contributed by atoms with Crippen molar-refractivity contribution in [2.75, 3.05) is 4.90 Å². The molecule has 2 aromatic heterocycles. The second-order valence-electron chi connectivity index (χ2n) is 16.5. The molecular weight excluding hydrogens is 809 g/mol. The molecule has 0 aliphatic carbocycles. The maximum Gasteiger partial charge on any atom is 0.160 e. The lowest BCUT2D eigenvalue weighted by Crippen LogP contribution is -2.14. The van der Waals surface area contributed by atoms with Crippen LogP contribution >= 0.6 is 11.8 Å². The number of hydrogen-bond donors (Lipinski definition) is 0. The van der Waals surface area contributed by atoms with E-state index in [0.717, 1.165) is 50.1 Å². The molecule has 3 heterocycles. The van der Waals surface area contributed by atoms with E-state index in [2.05, 4.69) is 240 Å². The van der Waals surface area contributed by atoms with E-state index in [0.29, 0.717) is 5.82 Å². The van der Waals surface area contributed by atoms with Gasteiger partial charge in [-0.05, 0) is 99.8 Å². The summed E-state index contributed by atoms with van der Waals surface area (Å²) in [4.78, 5) is 15.4. The average Bonchev–Trinajstić information content (AvgIpc) is 3.73. The predicted molar refractivity (Wildman–Crippen MR) is 272 cm³/mol. The van der Waals surface area contributed by atoms with E-state index >= 15 is 0 Å². The van der Waals surface area contributed by atoms with E-state index in [1.165, 1.54) is 65.0 Å². The molecule has 5 heteroatoms. The molecule has 65 heavy (non-hydrogen) atoms. The van der Waals surface area contributed by atoms with E-state index in [1.54, 1.807) is 0 Å². The van der Waals surface area contributed by atoms with Crippen molar-refractivity contribution in [1.29, 1.82) is 0 Å². The van der Waals surface area contributed by atoms with Gasteiger partial charge in [-0.1, -0.05) is 176 Å². The van der Waals surface area contributed by atoms with Crippen LogP contribution in [0.2, 0.25) is 0 Å². The van der Waals surface area contributed by atoms with Crippen molar-refractivity contribution >= 4 is 72.3 Å². The SMILES string of the molecule is c1ccc(-c2ccc(-c3nc(-c4cccc(-n5c6cccc(-c7ccc8c(c7)N(c7ccccc7)c7ccccc7S8)c6c6c7ccccc7ccc65)c4)nc4ccccc34)cc2)cc1. The fourth-order valence-electron chi connectivity index (χ4n) is 9.79. The van der Waals surface area contributed by atoms with Crippen molar-refractivity contribution in [3.63, 3.8) is 0 Å². The van der Waals surface area contributed by atoms with Gasteiger partial charge in [0.05, 0.1) is 33.6 Å². The highest BCUT2D eigenvalue weighted by molar-refractivity contribution is 7.99. The van der Waals surface area contributed by atoms with Gasteiger partial charge in [-0.2, -0.15) is 0 Å². The summed E-state index contributed by atoms with van der Waals surface area (Å²) in [7, 11) is 0. The van der Waals surface area contributed by atoms with Crippen LogP contribution in [0.15, 0.2) is 240 Å². The molecular formula is C60H38N4S. The first-order valence-corrected chi connectivity index (χ1v) is 22.8. The predicted octanol–water partition coefficient (Wildman–Crippen LogP) is 16.5. The van der Waals surface area contributed by atoms with Crippen molar-refractivity contribution in [3.8, 4) is 50.6 Å². The molecule has 0 spiro atoms. The lowest BCUT2D eigenvalue weighted by atomic mass is 9.96. The molecule has 0 atom stereocenters. The zero-order valence-electron chi connectivity index (χ0n) is 35.1. The zero-order valence-corrected chi connectivity index (χ0v) is 36.0. The second kappa shape index (κ2) is 15.2. The number of anilines is 3. The van der Waals surface area contributed by atoms with Crippen molar-refractivity contribution in [3.05, 3.63) is 231 Å². The second-order valence-corrected chi connectivity index (χ2v) is 17.6. The molecule has 12 aromatic rings. The lowest BCUT2D eigenvalue weighted by molar-refractivity contribution is 1.17. The molecule has 0 amide bonds. The summed E-state index contributed by atoms with van der Waals surface area (Å²) >= 11 is 1.84. The van der Waals surface area contributed by atoms with Crippen LogP contribution in [0, 0.1) is 0 Å². The summed E-state index contributed by atoms with van der Waals surface area (Å²) in [6.07, 6.45) is 0. The number of rotatable bonds is 6. The van der Waals surface area contributed by atoms with Gasteiger partial charge in [-0.3, -0.25) is 0 Å². The first-order valence-electron chi connectivity index (χ1n) is 22.0. The Hall–Kier alpha value is -8.25. The Morgan fingerprint density at radius 2 is 1.02 bits per heavy atom. The van der Waals surface area contributed by atoms with E-state index in [1.807, 2.05) is 11.8 Å². The fourth-order valence-corrected chi connectivity index (χ4v) is 10.8. The summed E-state index contributed by atoms with van der Waals surface area (Å²) in [5.41, 5.74) is 15.4. The third-order valence-electron chi connectivity index (χ3n) is 12.8.